The fourth-order valence-corrected chi connectivity index (χ4v) is 3.18. The van der Waals surface area contributed by atoms with Gasteiger partial charge in [-0.25, -0.2) is 12.8 Å². The number of nitrogens with zero attached hydrogens (tertiary/aromatic N) is 1. The number of halogens is 1. The van der Waals surface area contributed by atoms with Gasteiger partial charge in [-0.05, 0) is 37.0 Å². The number of hydrogen-bond acceptors (Lipinski definition) is 2. The van der Waals surface area contributed by atoms with Crippen molar-refractivity contribution in [3.63, 3.8) is 0 Å². The van der Waals surface area contributed by atoms with E-state index in [0.29, 0.717) is 12.5 Å². The van der Waals surface area contributed by atoms with Crippen LogP contribution in [0.5, 0.6) is 0 Å². The molecule has 1 aromatic carbocycles. The van der Waals surface area contributed by atoms with Crippen LogP contribution in [0.4, 0.5) is 4.39 Å². The second-order valence-corrected chi connectivity index (χ2v) is 6.34. The number of sulfonamides is 1. The van der Waals surface area contributed by atoms with Crippen LogP contribution in [0.1, 0.15) is 12.8 Å². The maximum Gasteiger partial charge on any atom is 0.244 e. The molecule has 1 fully saturated rings. The zero-order valence-corrected chi connectivity index (χ0v) is 10.7. The molecule has 96 valence electrons. The third-order valence-electron chi connectivity index (χ3n) is 2.86. The fourth-order valence-electron chi connectivity index (χ4n) is 1.71. The van der Waals surface area contributed by atoms with Gasteiger partial charge in [0.15, 0.2) is 0 Å². The Morgan fingerprint density at radius 2 is 2.17 bits per heavy atom. The van der Waals surface area contributed by atoms with Crippen molar-refractivity contribution in [1.82, 2.24) is 4.31 Å². The average molecular weight is 267 g/mol. The van der Waals surface area contributed by atoms with Crippen LogP contribution in [0, 0.1) is 24.1 Å². The highest BCUT2D eigenvalue weighted by Gasteiger charge is 2.31. The standard InChI is InChI=1S/C13H14FNO2S/c1-2-8-15(10-11-6-7-11)18(16,17)13-5-3-4-12(14)9-13/h1,3-5,9,11H,6-8,10H2. The Hall–Kier alpha value is -1.38. The minimum atomic E-state index is -3.69. The summed E-state index contributed by atoms with van der Waals surface area (Å²) >= 11 is 0. The summed E-state index contributed by atoms with van der Waals surface area (Å²) in [7, 11) is -3.69. The van der Waals surface area contributed by atoms with Crippen molar-refractivity contribution < 1.29 is 12.8 Å². The predicted octanol–water partition coefficient (Wildman–Crippen LogP) is 1.86. The Bertz CT molecular complexity index is 573. The highest BCUT2D eigenvalue weighted by atomic mass is 32.2. The van der Waals surface area contributed by atoms with Gasteiger partial charge in [-0.3, -0.25) is 0 Å². The number of rotatable bonds is 5. The highest BCUT2D eigenvalue weighted by molar-refractivity contribution is 7.89. The topological polar surface area (TPSA) is 37.4 Å². The van der Waals surface area contributed by atoms with Gasteiger partial charge in [0.05, 0.1) is 11.4 Å². The molecule has 3 nitrogen and oxygen atoms in total. The van der Waals surface area contributed by atoms with Crippen LogP contribution < -0.4 is 0 Å². The molecule has 1 aliphatic carbocycles. The van der Waals surface area contributed by atoms with E-state index in [1.165, 1.54) is 22.5 Å². The first-order valence-corrected chi connectivity index (χ1v) is 7.17. The minimum Gasteiger partial charge on any atom is -0.207 e. The second kappa shape index (κ2) is 5.09. The Balaban J connectivity index is 2.29. The lowest BCUT2D eigenvalue weighted by molar-refractivity contribution is 0.429. The van der Waals surface area contributed by atoms with E-state index in [0.717, 1.165) is 18.9 Å². The van der Waals surface area contributed by atoms with Gasteiger partial charge in [0, 0.05) is 6.54 Å². The molecule has 0 aliphatic heterocycles. The van der Waals surface area contributed by atoms with Gasteiger partial charge in [-0.1, -0.05) is 12.0 Å². The lowest BCUT2D eigenvalue weighted by Crippen LogP contribution is -2.33. The molecule has 0 N–H and O–H groups in total. The summed E-state index contributed by atoms with van der Waals surface area (Å²) < 4.78 is 39.0. The van der Waals surface area contributed by atoms with E-state index >= 15 is 0 Å². The summed E-state index contributed by atoms with van der Waals surface area (Å²) in [6, 6.07) is 5.00. The number of hydrogen-bond donors (Lipinski definition) is 0. The maximum absolute atomic E-state index is 13.1. The van der Waals surface area contributed by atoms with E-state index in [1.54, 1.807) is 0 Å². The minimum absolute atomic E-state index is 0.0232. The quantitative estimate of drug-likeness (QED) is 0.764. The molecule has 0 bridgehead atoms. The second-order valence-electron chi connectivity index (χ2n) is 4.40. The molecule has 2 rings (SSSR count). The lowest BCUT2D eigenvalue weighted by atomic mass is 10.4. The molecule has 1 saturated carbocycles. The average Bonchev–Trinajstić information content (AvgIpc) is 3.12. The van der Waals surface area contributed by atoms with Gasteiger partial charge in [-0.2, -0.15) is 4.31 Å². The Morgan fingerprint density at radius 1 is 1.44 bits per heavy atom. The molecule has 0 unspecified atom stereocenters. The summed E-state index contributed by atoms with van der Waals surface area (Å²) in [6.45, 7) is 0.443. The van der Waals surface area contributed by atoms with E-state index in [4.69, 9.17) is 6.42 Å². The molecule has 0 atom stereocenters. The summed E-state index contributed by atoms with van der Waals surface area (Å²) in [5, 5.41) is 0. The van der Waals surface area contributed by atoms with Crippen molar-refractivity contribution in [2.24, 2.45) is 5.92 Å². The van der Waals surface area contributed by atoms with Gasteiger partial charge >= 0.3 is 0 Å². The third-order valence-corrected chi connectivity index (χ3v) is 4.67. The van der Waals surface area contributed by atoms with Crippen LogP contribution in [0.15, 0.2) is 29.2 Å². The van der Waals surface area contributed by atoms with Crippen LogP contribution in [-0.4, -0.2) is 25.8 Å². The zero-order chi connectivity index (χ0) is 13.2. The van der Waals surface area contributed by atoms with Crippen LogP contribution in [0.3, 0.4) is 0 Å². The summed E-state index contributed by atoms with van der Waals surface area (Å²) in [5.74, 6) is 2.17. The van der Waals surface area contributed by atoms with Crippen LogP contribution >= 0.6 is 0 Å². The molecule has 0 aromatic heterocycles. The van der Waals surface area contributed by atoms with E-state index in [9.17, 15) is 12.8 Å². The molecule has 0 amide bonds. The number of benzene rings is 1. The highest BCUT2D eigenvalue weighted by Crippen LogP contribution is 2.31. The monoisotopic (exact) mass is 267 g/mol. The van der Waals surface area contributed by atoms with Gasteiger partial charge < -0.3 is 0 Å². The molecule has 5 heteroatoms. The Labute approximate surface area is 107 Å². The molecular formula is C13H14FNO2S. The van der Waals surface area contributed by atoms with Gasteiger partial charge in [-0.15, -0.1) is 6.42 Å². The van der Waals surface area contributed by atoms with Gasteiger partial charge in [0.25, 0.3) is 0 Å². The van der Waals surface area contributed by atoms with E-state index in [-0.39, 0.29) is 11.4 Å². The Morgan fingerprint density at radius 3 is 2.72 bits per heavy atom. The zero-order valence-electron chi connectivity index (χ0n) is 9.84. The predicted molar refractivity (Wildman–Crippen MR) is 66.7 cm³/mol. The molecule has 0 heterocycles. The van der Waals surface area contributed by atoms with E-state index < -0.39 is 15.8 Å². The third kappa shape index (κ3) is 2.89. The summed E-state index contributed by atoms with van der Waals surface area (Å²) in [6.07, 6.45) is 7.26. The van der Waals surface area contributed by atoms with Crippen molar-refractivity contribution in [3.8, 4) is 12.3 Å². The largest absolute Gasteiger partial charge is 0.244 e. The van der Waals surface area contributed by atoms with Crippen molar-refractivity contribution in [2.45, 2.75) is 17.7 Å². The first kappa shape index (κ1) is 13.1. The lowest BCUT2D eigenvalue weighted by Gasteiger charge is -2.19. The van der Waals surface area contributed by atoms with Crippen molar-refractivity contribution >= 4 is 10.0 Å². The van der Waals surface area contributed by atoms with Crippen LogP contribution in [-0.2, 0) is 10.0 Å². The normalized spacial score (nSPS) is 15.6. The van der Waals surface area contributed by atoms with E-state index in [1.807, 2.05) is 0 Å². The van der Waals surface area contributed by atoms with E-state index in [2.05, 4.69) is 5.92 Å². The van der Waals surface area contributed by atoms with Crippen LogP contribution in [0.2, 0.25) is 0 Å². The molecule has 0 spiro atoms. The molecule has 1 aliphatic rings. The van der Waals surface area contributed by atoms with Crippen molar-refractivity contribution in [2.75, 3.05) is 13.1 Å². The molecular weight excluding hydrogens is 253 g/mol. The van der Waals surface area contributed by atoms with Crippen molar-refractivity contribution in [1.29, 1.82) is 0 Å². The smallest absolute Gasteiger partial charge is 0.207 e. The molecule has 0 radical (unpaired) electrons. The fraction of sp³-hybridized carbons (Fsp3) is 0.385. The maximum atomic E-state index is 13.1. The number of terminal acetylenes is 1. The molecule has 18 heavy (non-hydrogen) atoms. The molecule has 0 saturated heterocycles. The Kier molecular flexibility index (Phi) is 3.69. The SMILES string of the molecule is C#CCN(CC1CC1)S(=O)(=O)c1cccc(F)c1. The van der Waals surface area contributed by atoms with Gasteiger partial charge in [0.2, 0.25) is 10.0 Å². The van der Waals surface area contributed by atoms with Gasteiger partial charge in [0.1, 0.15) is 5.82 Å². The van der Waals surface area contributed by atoms with Crippen LogP contribution in [0.25, 0.3) is 0 Å². The summed E-state index contributed by atoms with van der Waals surface area (Å²) in [4.78, 5) is -0.0431. The van der Waals surface area contributed by atoms with Crippen molar-refractivity contribution in [3.05, 3.63) is 30.1 Å². The molecule has 1 aromatic rings. The summed E-state index contributed by atoms with van der Waals surface area (Å²) in [5.41, 5.74) is 0. The first-order valence-electron chi connectivity index (χ1n) is 5.73. The first-order chi connectivity index (χ1) is 8.54.